The molecule has 0 spiro atoms. The van der Waals surface area contributed by atoms with Crippen LogP contribution in [0.15, 0.2) is 60.7 Å². The van der Waals surface area contributed by atoms with E-state index in [1.165, 1.54) is 12.1 Å². The van der Waals surface area contributed by atoms with Gasteiger partial charge >= 0.3 is 0 Å². The summed E-state index contributed by atoms with van der Waals surface area (Å²) in [6, 6.07) is 16.9. The number of methoxy groups -OCH3 is 2. The minimum absolute atomic E-state index is 0.613. The van der Waals surface area contributed by atoms with Gasteiger partial charge in [0.2, 0.25) is 0 Å². The molecule has 0 unspecified atom stereocenters. The quantitative estimate of drug-likeness (QED) is 0.646. The van der Waals surface area contributed by atoms with E-state index in [1.807, 2.05) is 24.3 Å². The molecule has 0 fully saturated rings. The molecule has 2 nitrogen and oxygen atoms in total. The lowest BCUT2D eigenvalue weighted by Crippen LogP contribution is -1.92. The minimum Gasteiger partial charge on any atom is -0.497 e. The van der Waals surface area contributed by atoms with E-state index < -0.39 is 11.6 Å². The molecule has 3 aromatic carbocycles. The number of hydrogen-bond acceptors (Lipinski definition) is 2. The third-order valence-corrected chi connectivity index (χ3v) is 3.86. The molecule has 0 amide bonds. The van der Waals surface area contributed by atoms with E-state index in [4.69, 9.17) is 9.47 Å². The van der Waals surface area contributed by atoms with E-state index in [-0.39, 0.29) is 0 Å². The third kappa shape index (κ3) is 3.08. The summed E-state index contributed by atoms with van der Waals surface area (Å²) in [5, 5.41) is 0. The highest BCUT2D eigenvalue weighted by atomic mass is 19.2. The Balaban J connectivity index is 2.14. The summed E-state index contributed by atoms with van der Waals surface area (Å²) < 4.78 is 37.9. The first-order valence-electron chi connectivity index (χ1n) is 7.40. The third-order valence-electron chi connectivity index (χ3n) is 3.86. The van der Waals surface area contributed by atoms with Crippen molar-refractivity contribution in [3.63, 3.8) is 0 Å². The van der Waals surface area contributed by atoms with Crippen LogP contribution in [-0.4, -0.2) is 14.2 Å². The van der Waals surface area contributed by atoms with Gasteiger partial charge in [0.1, 0.15) is 11.5 Å². The highest BCUT2D eigenvalue weighted by Gasteiger charge is 2.13. The number of rotatable bonds is 4. The second kappa shape index (κ2) is 6.71. The fourth-order valence-electron chi connectivity index (χ4n) is 2.57. The molecule has 0 aliphatic heterocycles. The second-order valence-electron chi connectivity index (χ2n) is 5.27. The van der Waals surface area contributed by atoms with Crippen molar-refractivity contribution in [2.24, 2.45) is 0 Å². The predicted molar refractivity (Wildman–Crippen MR) is 90.3 cm³/mol. The SMILES string of the molecule is COc1ccc(-c2cc(F)c(F)cc2-c2ccc(OC)cc2)cc1. The van der Waals surface area contributed by atoms with E-state index in [9.17, 15) is 8.78 Å². The molecule has 3 rings (SSSR count). The first kappa shape index (κ1) is 16.0. The van der Waals surface area contributed by atoms with Gasteiger partial charge < -0.3 is 9.47 Å². The van der Waals surface area contributed by atoms with Gasteiger partial charge in [-0.1, -0.05) is 24.3 Å². The van der Waals surface area contributed by atoms with Crippen LogP contribution >= 0.6 is 0 Å². The van der Waals surface area contributed by atoms with Crippen molar-refractivity contribution < 1.29 is 18.3 Å². The summed E-state index contributed by atoms with van der Waals surface area (Å²) in [7, 11) is 3.16. The highest BCUT2D eigenvalue weighted by molar-refractivity contribution is 5.83. The molecule has 24 heavy (non-hydrogen) atoms. The maximum absolute atomic E-state index is 13.8. The summed E-state index contributed by atoms with van der Waals surface area (Å²) in [5.74, 6) is -0.351. The van der Waals surface area contributed by atoms with Crippen molar-refractivity contribution >= 4 is 0 Å². The number of hydrogen-bond donors (Lipinski definition) is 0. The minimum atomic E-state index is -0.877. The Morgan fingerprint density at radius 1 is 0.583 bits per heavy atom. The summed E-state index contributed by atoms with van der Waals surface area (Å²) >= 11 is 0. The second-order valence-corrected chi connectivity index (χ2v) is 5.27. The average molecular weight is 326 g/mol. The van der Waals surface area contributed by atoms with Crippen molar-refractivity contribution in [1.82, 2.24) is 0 Å². The van der Waals surface area contributed by atoms with Crippen molar-refractivity contribution in [1.29, 1.82) is 0 Å². The normalized spacial score (nSPS) is 10.5. The van der Waals surface area contributed by atoms with E-state index in [1.54, 1.807) is 38.5 Å². The molecule has 0 aromatic heterocycles. The van der Waals surface area contributed by atoms with Gasteiger partial charge in [0.25, 0.3) is 0 Å². The zero-order chi connectivity index (χ0) is 17.1. The maximum atomic E-state index is 13.8. The highest BCUT2D eigenvalue weighted by Crippen LogP contribution is 2.35. The van der Waals surface area contributed by atoms with Crippen LogP contribution in [0.4, 0.5) is 8.78 Å². The van der Waals surface area contributed by atoms with Gasteiger partial charge in [0.05, 0.1) is 14.2 Å². The summed E-state index contributed by atoms with van der Waals surface area (Å²) in [6.45, 7) is 0. The fraction of sp³-hybridized carbons (Fsp3) is 0.100. The average Bonchev–Trinajstić information content (AvgIpc) is 2.64. The van der Waals surface area contributed by atoms with Gasteiger partial charge in [-0.3, -0.25) is 0 Å². The lowest BCUT2D eigenvalue weighted by atomic mass is 9.94. The van der Waals surface area contributed by atoms with Crippen molar-refractivity contribution in [2.45, 2.75) is 0 Å². The fourth-order valence-corrected chi connectivity index (χ4v) is 2.57. The Hall–Kier alpha value is -2.88. The largest absolute Gasteiger partial charge is 0.497 e. The van der Waals surface area contributed by atoms with E-state index in [0.29, 0.717) is 22.6 Å². The van der Waals surface area contributed by atoms with Crippen LogP contribution in [0.25, 0.3) is 22.3 Å². The van der Waals surface area contributed by atoms with Crippen LogP contribution in [0.3, 0.4) is 0 Å². The zero-order valence-electron chi connectivity index (χ0n) is 13.3. The first-order chi connectivity index (χ1) is 11.6. The molecule has 0 aliphatic carbocycles. The zero-order valence-corrected chi connectivity index (χ0v) is 13.3. The van der Waals surface area contributed by atoms with E-state index in [2.05, 4.69) is 0 Å². The lowest BCUT2D eigenvalue weighted by Gasteiger charge is -2.12. The number of ether oxygens (including phenoxy) is 2. The van der Waals surface area contributed by atoms with Gasteiger partial charge in [-0.15, -0.1) is 0 Å². The smallest absolute Gasteiger partial charge is 0.159 e. The molecule has 122 valence electrons. The Kier molecular flexibility index (Phi) is 4.47. The van der Waals surface area contributed by atoms with Crippen LogP contribution < -0.4 is 9.47 Å². The predicted octanol–water partition coefficient (Wildman–Crippen LogP) is 5.32. The summed E-state index contributed by atoms with van der Waals surface area (Å²) in [5.41, 5.74) is 2.78. The van der Waals surface area contributed by atoms with E-state index >= 15 is 0 Å². The Labute approximate surface area is 139 Å². The van der Waals surface area contributed by atoms with Crippen molar-refractivity contribution in [3.8, 4) is 33.8 Å². The Morgan fingerprint density at radius 2 is 0.917 bits per heavy atom. The van der Waals surface area contributed by atoms with Gasteiger partial charge in [-0.2, -0.15) is 0 Å². The molecule has 4 heteroatoms. The molecular weight excluding hydrogens is 310 g/mol. The molecule has 0 N–H and O–H groups in total. The van der Waals surface area contributed by atoms with Crippen LogP contribution in [0.1, 0.15) is 0 Å². The number of benzene rings is 3. The lowest BCUT2D eigenvalue weighted by molar-refractivity contribution is 0.414. The molecule has 0 radical (unpaired) electrons. The first-order valence-corrected chi connectivity index (χ1v) is 7.40. The number of halogens is 2. The van der Waals surface area contributed by atoms with Crippen LogP contribution in [0.2, 0.25) is 0 Å². The van der Waals surface area contributed by atoms with E-state index in [0.717, 1.165) is 11.1 Å². The van der Waals surface area contributed by atoms with Crippen molar-refractivity contribution in [2.75, 3.05) is 14.2 Å². The topological polar surface area (TPSA) is 18.5 Å². The molecule has 0 bridgehead atoms. The van der Waals surface area contributed by atoms with Gasteiger partial charge in [-0.25, -0.2) is 8.78 Å². The molecule has 0 aliphatic rings. The molecule has 0 atom stereocenters. The van der Waals surface area contributed by atoms with Gasteiger partial charge in [-0.05, 0) is 58.7 Å². The van der Waals surface area contributed by atoms with Crippen LogP contribution in [-0.2, 0) is 0 Å². The summed E-state index contributed by atoms with van der Waals surface area (Å²) in [4.78, 5) is 0. The van der Waals surface area contributed by atoms with Gasteiger partial charge in [0.15, 0.2) is 11.6 Å². The summed E-state index contributed by atoms with van der Waals surface area (Å²) in [6.07, 6.45) is 0. The van der Waals surface area contributed by atoms with Crippen LogP contribution in [0, 0.1) is 11.6 Å². The Bertz CT molecular complexity index is 768. The Morgan fingerprint density at radius 3 is 1.21 bits per heavy atom. The monoisotopic (exact) mass is 326 g/mol. The molecule has 0 heterocycles. The molecule has 0 saturated carbocycles. The van der Waals surface area contributed by atoms with Crippen LogP contribution in [0.5, 0.6) is 11.5 Å². The standard InChI is InChI=1S/C20H16F2O2/c1-23-15-7-3-13(4-8-15)17-11-19(21)20(22)12-18(17)14-5-9-16(24-2)10-6-14/h3-12H,1-2H3. The molecule has 3 aromatic rings. The maximum Gasteiger partial charge on any atom is 0.159 e. The van der Waals surface area contributed by atoms with Crippen molar-refractivity contribution in [3.05, 3.63) is 72.3 Å². The molecular formula is C20H16F2O2. The molecule has 0 saturated heterocycles. The van der Waals surface area contributed by atoms with Gasteiger partial charge in [0, 0.05) is 0 Å².